The summed E-state index contributed by atoms with van der Waals surface area (Å²) in [6.45, 7) is 12.2. The average molecular weight is 377 g/mol. The fraction of sp³-hybridized carbons (Fsp3) is 0.650. The first-order valence-corrected chi connectivity index (χ1v) is 9.53. The number of esters is 1. The summed E-state index contributed by atoms with van der Waals surface area (Å²) in [5, 5.41) is 3.40. The molecule has 0 amide bonds. The molecule has 150 valence electrons. The van der Waals surface area contributed by atoms with E-state index in [1.54, 1.807) is 6.92 Å². The molecule has 2 bridgehead atoms. The van der Waals surface area contributed by atoms with Gasteiger partial charge < -0.3 is 10.1 Å². The molecule has 1 N–H and O–H groups in total. The number of pyridine rings is 1. The van der Waals surface area contributed by atoms with E-state index in [1.165, 1.54) is 0 Å². The quantitative estimate of drug-likeness (QED) is 0.792. The van der Waals surface area contributed by atoms with Crippen molar-refractivity contribution in [3.8, 4) is 0 Å². The number of aromatic nitrogens is 1. The Morgan fingerprint density at radius 1 is 1.07 bits per heavy atom. The van der Waals surface area contributed by atoms with Crippen LogP contribution in [0, 0.1) is 0 Å². The summed E-state index contributed by atoms with van der Waals surface area (Å²) >= 11 is 0. The lowest BCUT2D eigenvalue weighted by molar-refractivity contribution is -0.156. The van der Waals surface area contributed by atoms with Gasteiger partial charge in [0.2, 0.25) is 0 Å². The van der Waals surface area contributed by atoms with Gasteiger partial charge in [0, 0.05) is 39.3 Å². The maximum Gasteiger partial charge on any atom is 0.320 e. The van der Waals surface area contributed by atoms with E-state index in [4.69, 9.17) is 9.72 Å². The van der Waals surface area contributed by atoms with Crippen LogP contribution in [0.15, 0.2) is 18.2 Å². The van der Waals surface area contributed by atoms with Crippen molar-refractivity contribution >= 4 is 11.8 Å². The molecule has 0 atom stereocenters. The Hall–Kier alpha value is -1.83. The van der Waals surface area contributed by atoms with Gasteiger partial charge in [0.15, 0.2) is 0 Å². The molecular formula is C20H32N4O3. The molecule has 7 heteroatoms. The van der Waals surface area contributed by atoms with Crippen molar-refractivity contribution in [1.82, 2.24) is 20.1 Å². The van der Waals surface area contributed by atoms with Crippen LogP contribution in [0.5, 0.6) is 0 Å². The topological polar surface area (TPSA) is 74.8 Å². The van der Waals surface area contributed by atoms with Crippen molar-refractivity contribution in [2.75, 3.05) is 39.3 Å². The predicted octanol–water partition coefficient (Wildman–Crippen LogP) is 1.22. The molecule has 0 spiro atoms. The van der Waals surface area contributed by atoms with Crippen LogP contribution in [0.1, 0.15) is 39.1 Å². The summed E-state index contributed by atoms with van der Waals surface area (Å²) < 4.78 is 5.46. The summed E-state index contributed by atoms with van der Waals surface area (Å²) in [7, 11) is 0. The van der Waals surface area contributed by atoms with E-state index in [0.29, 0.717) is 19.6 Å². The fourth-order valence-corrected chi connectivity index (χ4v) is 3.06. The molecule has 2 rings (SSSR count). The number of rotatable bonds is 4. The van der Waals surface area contributed by atoms with Crippen LogP contribution in [0.2, 0.25) is 0 Å². The van der Waals surface area contributed by atoms with Crippen LogP contribution in [0.4, 0.5) is 0 Å². The van der Waals surface area contributed by atoms with E-state index in [2.05, 4.69) is 15.1 Å². The standard InChI is InChI=1S/C20H32N4O3/c1-16(25)12-23-10-8-21-9-11-24(15-19(26)27-20(2,3)4)14-18-7-5-6-17(13-23)22-18/h5-7,21H,8-15H2,1-4H3. The number of hydrogen-bond donors (Lipinski definition) is 1. The van der Waals surface area contributed by atoms with Gasteiger partial charge in [-0.3, -0.25) is 24.4 Å². The Labute approximate surface area is 162 Å². The van der Waals surface area contributed by atoms with E-state index in [0.717, 1.165) is 37.6 Å². The molecule has 1 aromatic heterocycles. The highest BCUT2D eigenvalue weighted by Crippen LogP contribution is 2.10. The van der Waals surface area contributed by atoms with Crippen LogP contribution in [-0.2, 0) is 27.4 Å². The molecule has 0 aromatic carbocycles. The lowest BCUT2D eigenvalue weighted by Crippen LogP contribution is -2.41. The van der Waals surface area contributed by atoms with Crippen molar-refractivity contribution in [1.29, 1.82) is 0 Å². The second-order valence-corrected chi connectivity index (χ2v) is 8.08. The van der Waals surface area contributed by atoms with Gasteiger partial charge >= 0.3 is 5.97 Å². The second-order valence-electron chi connectivity index (χ2n) is 8.08. The molecule has 0 radical (unpaired) electrons. The molecule has 1 aliphatic heterocycles. The molecule has 0 saturated carbocycles. The predicted molar refractivity (Wildman–Crippen MR) is 104 cm³/mol. The van der Waals surface area contributed by atoms with Crippen molar-refractivity contribution in [2.45, 2.75) is 46.4 Å². The molecule has 0 unspecified atom stereocenters. The van der Waals surface area contributed by atoms with Gasteiger partial charge in [-0.15, -0.1) is 0 Å². The number of carbonyl (C=O) groups is 2. The van der Waals surface area contributed by atoms with Crippen molar-refractivity contribution in [3.63, 3.8) is 0 Å². The van der Waals surface area contributed by atoms with E-state index in [9.17, 15) is 9.59 Å². The zero-order chi connectivity index (χ0) is 19.9. The minimum absolute atomic E-state index is 0.154. The highest BCUT2D eigenvalue weighted by atomic mass is 16.6. The third-order valence-corrected chi connectivity index (χ3v) is 4.06. The maximum atomic E-state index is 12.2. The molecular weight excluding hydrogens is 344 g/mol. The first kappa shape index (κ1) is 21.5. The molecule has 27 heavy (non-hydrogen) atoms. The van der Waals surface area contributed by atoms with Crippen LogP contribution >= 0.6 is 0 Å². The number of Topliss-reactive ketones (excluding diaryl/α,β-unsaturated/α-hetero) is 1. The number of carbonyl (C=O) groups excluding carboxylic acids is 2. The zero-order valence-corrected chi connectivity index (χ0v) is 17.0. The first-order chi connectivity index (χ1) is 12.7. The Kier molecular flexibility index (Phi) is 7.89. The molecule has 1 aliphatic rings. The van der Waals surface area contributed by atoms with Crippen LogP contribution in [0.25, 0.3) is 0 Å². The Balaban J connectivity index is 2.09. The lowest BCUT2D eigenvalue weighted by atomic mass is 10.2. The minimum atomic E-state index is -0.486. The molecule has 0 aliphatic carbocycles. The Morgan fingerprint density at radius 2 is 1.63 bits per heavy atom. The summed E-state index contributed by atoms with van der Waals surface area (Å²) in [6, 6.07) is 5.94. The minimum Gasteiger partial charge on any atom is -0.459 e. The number of hydrogen-bond acceptors (Lipinski definition) is 7. The van der Waals surface area contributed by atoms with E-state index >= 15 is 0 Å². The Bertz CT molecular complexity index is 642. The molecule has 0 fully saturated rings. The van der Waals surface area contributed by atoms with Crippen LogP contribution in [-0.4, -0.2) is 71.4 Å². The number of nitrogens with zero attached hydrogens (tertiary/aromatic N) is 3. The van der Waals surface area contributed by atoms with Crippen molar-refractivity contribution < 1.29 is 14.3 Å². The highest BCUT2D eigenvalue weighted by Gasteiger charge is 2.20. The number of ether oxygens (including phenoxy) is 1. The maximum absolute atomic E-state index is 12.2. The van der Waals surface area contributed by atoms with E-state index < -0.39 is 5.60 Å². The van der Waals surface area contributed by atoms with Gasteiger partial charge in [0.05, 0.1) is 24.5 Å². The van der Waals surface area contributed by atoms with Gasteiger partial charge in [0.25, 0.3) is 0 Å². The fourth-order valence-electron chi connectivity index (χ4n) is 3.06. The normalized spacial score (nSPS) is 17.6. The van der Waals surface area contributed by atoms with Gasteiger partial charge in [-0.1, -0.05) is 6.07 Å². The summed E-state index contributed by atoms with van der Waals surface area (Å²) in [5.74, 6) is -0.0693. The van der Waals surface area contributed by atoms with E-state index in [1.807, 2.05) is 39.0 Å². The molecule has 7 nitrogen and oxygen atoms in total. The third-order valence-electron chi connectivity index (χ3n) is 4.06. The van der Waals surface area contributed by atoms with Gasteiger partial charge in [0.1, 0.15) is 11.4 Å². The third kappa shape index (κ3) is 8.60. The summed E-state index contributed by atoms with van der Waals surface area (Å²) in [6.07, 6.45) is 0. The smallest absolute Gasteiger partial charge is 0.320 e. The summed E-state index contributed by atoms with van der Waals surface area (Å²) in [4.78, 5) is 32.7. The second kappa shape index (κ2) is 9.92. The Morgan fingerprint density at radius 3 is 2.15 bits per heavy atom. The van der Waals surface area contributed by atoms with Gasteiger partial charge in [-0.25, -0.2) is 0 Å². The lowest BCUT2D eigenvalue weighted by Gasteiger charge is -2.26. The van der Waals surface area contributed by atoms with Crippen LogP contribution in [0.3, 0.4) is 0 Å². The molecule has 1 aromatic rings. The van der Waals surface area contributed by atoms with Crippen LogP contribution < -0.4 is 5.32 Å². The van der Waals surface area contributed by atoms with Gasteiger partial charge in [-0.05, 0) is 39.8 Å². The average Bonchev–Trinajstić information content (AvgIpc) is 2.51. The number of ketones is 1. The first-order valence-electron chi connectivity index (χ1n) is 9.53. The number of fused-ring (bicyclic) bond motifs is 2. The molecule has 2 heterocycles. The highest BCUT2D eigenvalue weighted by molar-refractivity contribution is 5.77. The zero-order valence-electron chi connectivity index (χ0n) is 17.0. The van der Waals surface area contributed by atoms with Crippen molar-refractivity contribution in [3.05, 3.63) is 29.6 Å². The number of nitrogens with one attached hydrogen (secondary N) is 1. The SMILES string of the molecule is CC(=O)CN1CCNCCN(CC(=O)OC(C)(C)C)Cc2cccc(n2)C1. The monoisotopic (exact) mass is 376 g/mol. The van der Waals surface area contributed by atoms with Gasteiger partial charge in [-0.2, -0.15) is 0 Å². The van der Waals surface area contributed by atoms with Crippen molar-refractivity contribution in [2.24, 2.45) is 0 Å². The summed E-state index contributed by atoms with van der Waals surface area (Å²) in [5.41, 5.74) is 1.37. The van der Waals surface area contributed by atoms with E-state index in [-0.39, 0.29) is 18.3 Å². The molecule has 0 saturated heterocycles. The largest absolute Gasteiger partial charge is 0.459 e.